The number of hydrogen-bond donors (Lipinski definition) is 2. The van der Waals surface area contributed by atoms with Crippen LogP contribution in [0.15, 0.2) is 42.5 Å². The van der Waals surface area contributed by atoms with Crippen molar-refractivity contribution in [3.63, 3.8) is 0 Å². The molecule has 2 aliphatic rings. The van der Waals surface area contributed by atoms with E-state index in [9.17, 15) is 9.59 Å². The van der Waals surface area contributed by atoms with E-state index in [0.717, 1.165) is 22.7 Å². The molecule has 0 bridgehead atoms. The summed E-state index contributed by atoms with van der Waals surface area (Å²) in [6, 6.07) is 12.9. The van der Waals surface area contributed by atoms with E-state index in [1.807, 2.05) is 49.4 Å². The second kappa shape index (κ2) is 7.28. The number of amides is 2. The summed E-state index contributed by atoms with van der Waals surface area (Å²) < 4.78 is 10.7. The maximum absolute atomic E-state index is 12.9. The molecule has 2 heterocycles. The Kier molecular flexibility index (Phi) is 4.68. The van der Waals surface area contributed by atoms with Crippen molar-refractivity contribution in [3.05, 3.63) is 48.0 Å². The van der Waals surface area contributed by atoms with Crippen LogP contribution < -0.4 is 25.0 Å². The minimum absolute atomic E-state index is 0.0767. The molecule has 0 saturated carbocycles. The zero-order chi connectivity index (χ0) is 18.8. The maximum Gasteiger partial charge on any atom is 0.241 e. The van der Waals surface area contributed by atoms with Crippen LogP contribution in [0.25, 0.3) is 0 Å². The summed E-state index contributed by atoms with van der Waals surface area (Å²) in [7, 11) is 0. The van der Waals surface area contributed by atoms with Crippen LogP contribution >= 0.6 is 0 Å². The molecule has 1 unspecified atom stereocenters. The van der Waals surface area contributed by atoms with E-state index < -0.39 is 0 Å². The van der Waals surface area contributed by atoms with Crippen molar-refractivity contribution in [2.75, 3.05) is 23.6 Å². The maximum atomic E-state index is 12.9. The number of rotatable bonds is 4. The minimum Gasteiger partial charge on any atom is -0.454 e. The Bertz CT molecular complexity index is 883. The smallest absolute Gasteiger partial charge is 0.241 e. The van der Waals surface area contributed by atoms with E-state index in [4.69, 9.17) is 9.47 Å². The standard InChI is InChI=1S/C20H21N3O4/c1-13-8-19(24)22-15-4-2-3-5-16(15)23(13)20(25)11-21-10-14-6-7-17-18(9-14)27-12-26-17/h2-7,9,13,21H,8,10-12H2,1H3,(H,22,24). The van der Waals surface area contributed by atoms with Crippen molar-refractivity contribution < 1.29 is 19.1 Å². The van der Waals surface area contributed by atoms with Crippen molar-refractivity contribution in [2.45, 2.75) is 25.9 Å². The van der Waals surface area contributed by atoms with Crippen molar-refractivity contribution in [1.82, 2.24) is 5.32 Å². The summed E-state index contributed by atoms with van der Waals surface area (Å²) in [5.74, 6) is 1.30. The molecule has 0 aliphatic carbocycles. The van der Waals surface area contributed by atoms with Gasteiger partial charge in [-0.1, -0.05) is 18.2 Å². The molecule has 0 radical (unpaired) electrons. The Morgan fingerprint density at radius 3 is 2.93 bits per heavy atom. The van der Waals surface area contributed by atoms with Crippen molar-refractivity contribution in [1.29, 1.82) is 0 Å². The molecule has 4 rings (SSSR count). The highest BCUT2D eigenvalue weighted by Gasteiger charge is 2.29. The van der Waals surface area contributed by atoms with Gasteiger partial charge in [-0.15, -0.1) is 0 Å². The van der Waals surface area contributed by atoms with Gasteiger partial charge in [-0.25, -0.2) is 0 Å². The van der Waals surface area contributed by atoms with Gasteiger partial charge < -0.3 is 25.0 Å². The summed E-state index contributed by atoms with van der Waals surface area (Å²) in [5, 5.41) is 6.04. The number of ether oxygens (including phenoxy) is 2. The predicted molar refractivity (Wildman–Crippen MR) is 101 cm³/mol. The van der Waals surface area contributed by atoms with Crippen LogP contribution in [0.4, 0.5) is 11.4 Å². The lowest BCUT2D eigenvalue weighted by Crippen LogP contribution is -2.43. The Hall–Kier alpha value is -3.06. The fourth-order valence-electron chi connectivity index (χ4n) is 3.42. The Balaban J connectivity index is 1.43. The van der Waals surface area contributed by atoms with Gasteiger partial charge in [-0.2, -0.15) is 0 Å². The molecule has 0 saturated heterocycles. The molecule has 7 nitrogen and oxygen atoms in total. The molecule has 2 N–H and O–H groups in total. The van der Waals surface area contributed by atoms with Gasteiger partial charge >= 0.3 is 0 Å². The van der Waals surface area contributed by atoms with Gasteiger partial charge in [0.15, 0.2) is 11.5 Å². The second-order valence-corrected chi connectivity index (χ2v) is 6.67. The number of anilines is 2. The number of carbonyl (C=O) groups is 2. The molecule has 7 heteroatoms. The van der Waals surface area contributed by atoms with E-state index in [0.29, 0.717) is 12.2 Å². The van der Waals surface area contributed by atoms with Crippen LogP contribution in [-0.2, 0) is 16.1 Å². The van der Waals surface area contributed by atoms with Crippen LogP contribution in [0.2, 0.25) is 0 Å². The van der Waals surface area contributed by atoms with Crippen LogP contribution in [0.5, 0.6) is 11.5 Å². The quantitative estimate of drug-likeness (QED) is 0.867. The summed E-state index contributed by atoms with van der Waals surface area (Å²) in [5.41, 5.74) is 2.40. The largest absolute Gasteiger partial charge is 0.454 e. The molecule has 2 amide bonds. The average molecular weight is 367 g/mol. The number of nitrogens with one attached hydrogen (secondary N) is 2. The summed E-state index contributed by atoms with van der Waals surface area (Å²) in [6.45, 7) is 2.83. The first-order chi connectivity index (χ1) is 13.1. The topological polar surface area (TPSA) is 79.9 Å². The molecule has 1 atom stereocenters. The Morgan fingerprint density at radius 1 is 1.22 bits per heavy atom. The Morgan fingerprint density at radius 2 is 2.04 bits per heavy atom. The van der Waals surface area contributed by atoms with E-state index in [1.54, 1.807) is 4.90 Å². The van der Waals surface area contributed by atoms with Gasteiger partial charge in [0, 0.05) is 19.0 Å². The van der Waals surface area contributed by atoms with Gasteiger partial charge in [0.05, 0.1) is 17.9 Å². The third-order valence-corrected chi connectivity index (χ3v) is 4.67. The van der Waals surface area contributed by atoms with Crippen molar-refractivity contribution in [3.8, 4) is 11.5 Å². The lowest BCUT2D eigenvalue weighted by molar-refractivity contribution is -0.118. The SMILES string of the molecule is CC1CC(=O)Nc2ccccc2N1C(=O)CNCc1ccc2c(c1)OCO2. The molecule has 140 valence electrons. The number of nitrogens with zero attached hydrogens (tertiary/aromatic N) is 1. The predicted octanol–water partition coefficient (Wildman–Crippen LogP) is 2.27. The van der Waals surface area contributed by atoms with E-state index in [-0.39, 0.29) is 37.6 Å². The fourth-order valence-corrected chi connectivity index (χ4v) is 3.42. The first-order valence-corrected chi connectivity index (χ1v) is 8.92. The van der Waals surface area contributed by atoms with Gasteiger partial charge in [-0.3, -0.25) is 9.59 Å². The van der Waals surface area contributed by atoms with Gasteiger partial charge in [0.25, 0.3) is 0 Å². The number of carbonyl (C=O) groups excluding carboxylic acids is 2. The molecule has 2 aliphatic heterocycles. The zero-order valence-corrected chi connectivity index (χ0v) is 15.0. The zero-order valence-electron chi connectivity index (χ0n) is 15.0. The normalized spacial score (nSPS) is 17.9. The molecular weight excluding hydrogens is 346 g/mol. The van der Waals surface area contributed by atoms with Gasteiger partial charge in [-0.05, 0) is 36.8 Å². The van der Waals surface area contributed by atoms with Crippen LogP contribution in [-0.4, -0.2) is 31.2 Å². The lowest BCUT2D eigenvalue weighted by Gasteiger charge is -2.28. The summed E-state index contributed by atoms with van der Waals surface area (Å²) in [4.78, 5) is 26.6. The lowest BCUT2D eigenvalue weighted by atomic mass is 10.1. The summed E-state index contributed by atoms with van der Waals surface area (Å²) in [6.07, 6.45) is 0.266. The minimum atomic E-state index is -0.214. The molecule has 27 heavy (non-hydrogen) atoms. The Labute approximate surface area is 157 Å². The molecule has 2 aromatic carbocycles. The highest BCUT2D eigenvalue weighted by atomic mass is 16.7. The third kappa shape index (κ3) is 3.59. The average Bonchev–Trinajstić information content (AvgIpc) is 3.06. The molecular formula is C20H21N3O4. The van der Waals surface area contributed by atoms with Crippen LogP contribution in [0.1, 0.15) is 18.9 Å². The number of fused-ring (bicyclic) bond motifs is 2. The number of para-hydroxylation sites is 2. The second-order valence-electron chi connectivity index (χ2n) is 6.67. The number of benzene rings is 2. The van der Waals surface area contributed by atoms with Gasteiger partial charge in [0.2, 0.25) is 18.6 Å². The number of hydrogen-bond acceptors (Lipinski definition) is 5. The molecule has 0 aromatic heterocycles. The highest BCUT2D eigenvalue weighted by Crippen LogP contribution is 2.33. The van der Waals surface area contributed by atoms with Crippen LogP contribution in [0, 0.1) is 0 Å². The fraction of sp³-hybridized carbons (Fsp3) is 0.300. The first-order valence-electron chi connectivity index (χ1n) is 8.92. The van der Waals surface area contributed by atoms with E-state index in [2.05, 4.69) is 10.6 Å². The first kappa shape index (κ1) is 17.4. The summed E-state index contributed by atoms with van der Waals surface area (Å²) >= 11 is 0. The third-order valence-electron chi connectivity index (χ3n) is 4.67. The molecule has 2 aromatic rings. The van der Waals surface area contributed by atoms with Gasteiger partial charge in [0.1, 0.15) is 0 Å². The monoisotopic (exact) mass is 367 g/mol. The van der Waals surface area contributed by atoms with Crippen LogP contribution in [0.3, 0.4) is 0 Å². The van der Waals surface area contributed by atoms with E-state index >= 15 is 0 Å². The van der Waals surface area contributed by atoms with Crippen molar-refractivity contribution >= 4 is 23.2 Å². The molecule has 0 fully saturated rings. The van der Waals surface area contributed by atoms with Crippen molar-refractivity contribution in [2.24, 2.45) is 0 Å². The van der Waals surface area contributed by atoms with E-state index in [1.165, 1.54) is 0 Å². The molecule has 0 spiro atoms. The highest BCUT2D eigenvalue weighted by molar-refractivity contribution is 6.04.